The Labute approximate surface area is 308 Å². The highest BCUT2D eigenvalue weighted by Crippen LogP contribution is 2.38. The molecule has 0 radical (unpaired) electrons. The van der Waals surface area contributed by atoms with Crippen molar-refractivity contribution in [1.82, 2.24) is 5.32 Å². The Balaban J connectivity index is 1.52. The van der Waals surface area contributed by atoms with Crippen molar-refractivity contribution < 1.29 is 109 Å². The molecule has 7 unspecified atom stereocenters. The van der Waals surface area contributed by atoms with E-state index in [0.717, 1.165) is 6.92 Å². The first-order valence-corrected chi connectivity index (χ1v) is 17.4. The summed E-state index contributed by atoms with van der Waals surface area (Å²) in [5, 5.41) is 128. The van der Waals surface area contributed by atoms with Gasteiger partial charge < -0.3 is 104 Å². The fraction of sp³-hybridized carbons (Fsp3) is 0.935. The number of aliphatic hydroxyl groups excluding tert-OH is 12. The zero-order valence-electron chi connectivity index (χ0n) is 29.6. The molecule has 0 saturated carbocycles. The first-order chi connectivity index (χ1) is 25.4. The van der Waals surface area contributed by atoms with Gasteiger partial charge in [0.2, 0.25) is 5.91 Å². The molecule has 0 spiro atoms. The summed E-state index contributed by atoms with van der Waals surface area (Å²) in [5.74, 6) is -4.05. The zero-order valence-corrected chi connectivity index (χ0v) is 29.6. The second-order valence-corrected chi connectivity index (χ2v) is 13.9. The number of hydrogen-bond acceptors (Lipinski definition) is 22. The van der Waals surface area contributed by atoms with Crippen LogP contribution in [0.3, 0.4) is 0 Å². The molecular formula is C31H53NO22. The van der Waals surface area contributed by atoms with Gasteiger partial charge in [-0.1, -0.05) is 6.92 Å². The van der Waals surface area contributed by atoms with E-state index in [1.807, 2.05) is 0 Å². The molecule has 23 heteroatoms. The van der Waals surface area contributed by atoms with Gasteiger partial charge in [0.1, 0.15) is 85.4 Å². The molecule has 314 valence electrons. The highest BCUT2D eigenvalue weighted by molar-refractivity contribution is 5.73. The standard InChI is InChI=1S/C31H53NO22/c1-10-13(38)4-31(48-9-36,54-26(10)19(40)14(39)5-33)47-8-17-21(42)23(44)25(46)30(51-17)53-28-16(7-35)50-29(18(22(28)43)32-12(3)37)52-27-11(2)49-15(6-34)20(41)24(27)45/h9-11,13-30,33-35,38-46H,4-8H2,1-3H3,(H,32,37)/t10-,11-,13-,14-,15?,16+,17?,18?,19-,20-,21+,22?,23?,24+,25+,26?,27?,28-,29+,30+,31+/m1/s1. The van der Waals surface area contributed by atoms with E-state index in [4.69, 9.17) is 37.9 Å². The molecule has 23 nitrogen and oxygen atoms in total. The third-order valence-electron chi connectivity index (χ3n) is 10.1. The van der Waals surface area contributed by atoms with Crippen LogP contribution in [0, 0.1) is 5.92 Å². The summed E-state index contributed by atoms with van der Waals surface area (Å²) in [4.78, 5) is 23.7. The summed E-state index contributed by atoms with van der Waals surface area (Å²) in [6.45, 7) is 0.690. The van der Waals surface area contributed by atoms with Crippen LogP contribution in [0.1, 0.15) is 27.2 Å². The van der Waals surface area contributed by atoms with E-state index < -0.39 is 167 Å². The van der Waals surface area contributed by atoms with Crippen molar-refractivity contribution in [3.8, 4) is 0 Å². The van der Waals surface area contributed by atoms with Gasteiger partial charge in [-0.2, -0.15) is 0 Å². The van der Waals surface area contributed by atoms with Crippen molar-refractivity contribution in [2.24, 2.45) is 5.92 Å². The average Bonchev–Trinajstić information content (AvgIpc) is 3.14. The third-order valence-corrected chi connectivity index (χ3v) is 10.1. The quantitative estimate of drug-likeness (QED) is 0.0541. The van der Waals surface area contributed by atoms with E-state index in [1.165, 1.54) is 13.8 Å². The molecule has 0 aromatic heterocycles. The lowest BCUT2D eigenvalue weighted by Crippen LogP contribution is -2.69. The van der Waals surface area contributed by atoms with Crippen LogP contribution in [0.15, 0.2) is 0 Å². The van der Waals surface area contributed by atoms with Gasteiger partial charge in [-0.25, -0.2) is 0 Å². The molecule has 0 bridgehead atoms. The number of ether oxygens (including phenoxy) is 8. The molecule has 4 heterocycles. The van der Waals surface area contributed by atoms with Gasteiger partial charge in [-0.3, -0.25) is 9.59 Å². The number of aliphatic hydroxyl groups is 12. The Hall–Kier alpha value is -1.82. The summed E-state index contributed by atoms with van der Waals surface area (Å²) in [6, 6.07) is -1.51. The summed E-state index contributed by atoms with van der Waals surface area (Å²) >= 11 is 0. The molecule has 0 aromatic rings. The van der Waals surface area contributed by atoms with Crippen LogP contribution in [0.25, 0.3) is 0 Å². The summed E-state index contributed by atoms with van der Waals surface area (Å²) < 4.78 is 45.0. The smallest absolute Gasteiger partial charge is 0.332 e. The van der Waals surface area contributed by atoms with Gasteiger partial charge in [-0.15, -0.1) is 0 Å². The van der Waals surface area contributed by atoms with Crippen LogP contribution < -0.4 is 5.32 Å². The topological polar surface area (TPSA) is 363 Å². The maximum absolute atomic E-state index is 12.2. The van der Waals surface area contributed by atoms with Crippen LogP contribution in [-0.4, -0.2) is 222 Å². The summed E-state index contributed by atoms with van der Waals surface area (Å²) in [5.41, 5.74) is 0. The number of nitrogens with one attached hydrogen (secondary N) is 1. The largest absolute Gasteiger partial charge is 0.410 e. The molecule has 4 fully saturated rings. The Morgan fingerprint density at radius 1 is 0.815 bits per heavy atom. The predicted octanol–water partition coefficient (Wildman–Crippen LogP) is -8.01. The van der Waals surface area contributed by atoms with E-state index in [-0.39, 0.29) is 6.47 Å². The second-order valence-electron chi connectivity index (χ2n) is 13.9. The molecule has 4 aliphatic rings. The van der Waals surface area contributed by atoms with Crippen molar-refractivity contribution in [3.05, 3.63) is 0 Å². The molecule has 1 amide bonds. The molecular weight excluding hydrogens is 738 g/mol. The van der Waals surface area contributed by atoms with Crippen LogP contribution in [0.4, 0.5) is 0 Å². The molecule has 21 atom stereocenters. The zero-order chi connectivity index (χ0) is 40.2. The minimum absolute atomic E-state index is 0.101. The first-order valence-electron chi connectivity index (χ1n) is 17.4. The number of amides is 1. The van der Waals surface area contributed by atoms with Gasteiger partial charge in [0.05, 0.1) is 51.2 Å². The predicted molar refractivity (Wildman–Crippen MR) is 169 cm³/mol. The molecule has 0 aliphatic carbocycles. The second kappa shape index (κ2) is 19.1. The summed E-state index contributed by atoms with van der Waals surface area (Å²) in [7, 11) is 0. The van der Waals surface area contributed by atoms with Gasteiger partial charge in [-0.05, 0) is 6.92 Å². The first kappa shape index (κ1) is 44.9. The van der Waals surface area contributed by atoms with Gasteiger partial charge >= 0.3 is 5.97 Å². The molecule has 0 aromatic carbocycles. The maximum Gasteiger partial charge on any atom is 0.332 e. The van der Waals surface area contributed by atoms with Crippen LogP contribution in [0.2, 0.25) is 0 Å². The van der Waals surface area contributed by atoms with Gasteiger partial charge in [0, 0.05) is 12.8 Å². The van der Waals surface area contributed by atoms with E-state index in [2.05, 4.69) is 5.32 Å². The number of rotatable bonds is 15. The molecule has 4 saturated heterocycles. The van der Waals surface area contributed by atoms with E-state index >= 15 is 0 Å². The monoisotopic (exact) mass is 791 g/mol. The Morgan fingerprint density at radius 2 is 1.43 bits per heavy atom. The fourth-order valence-electron chi connectivity index (χ4n) is 6.90. The molecule has 4 aliphatic heterocycles. The van der Waals surface area contributed by atoms with E-state index in [0.29, 0.717) is 0 Å². The fourth-order valence-corrected chi connectivity index (χ4v) is 6.90. The Bertz CT molecular complexity index is 1210. The Morgan fingerprint density at radius 3 is 2.02 bits per heavy atom. The van der Waals surface area contributed by atoms with Crippen molar-refractivity contribution in [2.45, 2.75) is 149 Å². The average molecular weight is 792 g/mol. The van der Waals surface area contributed by atoms with Crippen molar-refractivity contribution in [3.63, 3.8) is 0 Å². The molecule has 4 rings (SSSR count). The van der Waals surface area contributed by atoms with Crippen molar-refractivity contribution in [2.75, 3.05) is 26.4 Å². The Kier molecular flexibility index (Phi) is 15.9. The van der Waals surface area contributed by atoms with Crippen molar-refractivity contribution >= 4 is 12.4 Å². The lowest BCUT2D eigenvalue weighted by Gasteiger charge is -2.49. The minimum Gasteiger partial charge on any atom is -0.410 e. The van der Waals surface area contributed by atoms with E-state index in [1.54, 1.807) is 0 Å². The number of carbonyl (C=O) groups excluding carboxylic acids is 2. The lowest BCUT2D eigenvalue weighted by atomic mass is 9.87. The highest BCUT2D eigenvalue weighted by atomic mass is 16.9. The number of hydrogen-bond donors (Lipinski definition) is 13. The van der Waals surface area contributed by atoms with Gasteiger partial charge in [0.15, 0.2) is 12.6 Å². The van der Waals surface area contributed by atoms with Crippen LogP contribution in [-0.2, 0) is 47.5 Å². The SMILES string of the molecule is CC(=O)NC1C(O)[C@H](O[C@@H]2OC(CO[C@]3(OC=O)C[C@@H](O)[C@@H](C)C([C@H](O)[C@H](O)CO)O3)[C@H](O)C(O)[C@@H]2O)[C@H](CO)O[C@H]1OC1[C@@H](O)[C@H](O)C(CO)O[C@@H]1C. The third kappa shape index (κ3) is 9.64. The van der Waals surface area contributed by atoms with Gasteiger partial charge in [0.25, 0.3) is 6.47 Å². The minimum atomic E-state index is -2.46. The summed E-state index contributed by atoms with van der Waals surface area (Å²) in [6.07, 6.45) is -29.8. The molecule has 54 heavy (non-hydrogen) atoms. The van der Waals surface area contributed by atoms with Crippen molar-refractivity contribution in [1.29, 1.82) is 0 Å². The number of carbonyl (C=O) groups is 2. The van der Waals surface area contributed by atoms with Crippen LogP contribution >= 0.6 is 0 Å². The lowest BCUT2D eigenvalue weighted by molar-refractivity contribution is -0.424. The van der Waals surface area contributed by atoms with Crippen LogP contribution in [0.5, 0.6) is 0 Å². The highest BCUT2D eigenvalue weighted by Gasteiger charge is 2.55. The van der Waals surface area contributed by atoms with E-state index in [9.17, 15) is 70.9 Å². The molecule has 13 N–H and O–H groups in total. The maximum atomic E-state index is 12.2. The normalized spacial score (nSPS) is 47.0.